The minimum absolute atomic E-state index is 0.288. The molecule has 0 aliphatic heterocycles. The summed E-state index contributed by atoms with van der Waals surface area (Å²) in [5.41, 5.74) is 5.34. The fourth-order valence-corrected chi connectivity index (χ4v) is 2.06. The number of nitrogens with two attached hydrogens (primary N) is 1. The van der Waals surface area contributed by atoms with Crippen LogP contribution in [0.25, 0.3) is 0 Å². The van der Waals surface area contributed by atoms with E-state index in [4.69, 9.17) is 10.5 Å². The summed E-state index contributed by atoms with van der Waals surface area (Å²) < 4.78 is 31.0. The molecular weight excluding hydrogens is 246 g/mol. The van der Waals surface area contributed by atoms with E-state index in [1.165, 1.54) is 7.05 Å². The summed E-state index contributed by atoms with van der Waals surface area (Å²) in [6.45, 7) is 5.34. The van der Waals surface area contributed by atoms with Gasteiger partial charge >= 0.3 is 16.3 Å². The van der Waals surface area contributed by atoms with Crippen molar-refractivity contribution < 1.29 is 17.9 Å². The Labute approximate surface area is 102 Å². The van der Waals surface area contributed by atoms with Crippen LogP contribution in [0.2, 0.25) is 0 Å². The molecule has 0 aromatic rings. The summed E-state index contributed by atoms with van der Waals surface area (Å²) in [5.74, 6) is 0. The molecule has 0 fully saturated rings. The van der Waals surface area contributed by atoms with Gasteiger partial charge in [0.15, 0.2) is 0 Å². The fraction of sp³-hybridized carbons (Fsp3) is 0.889. The van der Waals surface area contributed by atoms with Crippen LogP contribution >= 0.6 is 0 Å². The van der Waals surface area contributed by atoms with E-state index in [1.807, 2.05) is 4.72 Å². The topological polar surface area (TPSA) is 102 Å². The monoisotopic (exact) mass is 267 g/mol. The first-order valence-corrected chi connectivity index (χ1v) is 6.81. The van der Waals surface area contributed by atoms with Gasteiger partial charge in [0, 0.05) is 13.1 Å². The van der Waals surface area contributed by atoms with Gasteiger partial charge in [-0.2, -0.15) is 12.7 Å². The largest absolute Gasteiger partial charge is 0.446 e. The molecule has 17 heavy (non-hydrogen) atoms. The lowest BCUT2D eigenvalue weighted by Gasteiger charge is -2.23. The number of carbonyl (C=O) groups is 1. The molecule has 0 spiro atoms. The molecule has 0 aliphatic carbocycles. The van der Waals surface area contributed by atoms with Crippen molar-refractivity contribution in [2.45, 2.75) is 39.3 Å². The summed E-state index contributed by atoms with van der Waals surface area (Å²) in [4.78, 5) is 11.2. The molecule has 1 amide bonds. The molecule has 102 valence electrons. The average molecular weight is 267 g/mol. The van der Waals surface area contributed by atoms with Crippen LogP contribution in [-0.4, -0.2) is 44.6 Å². The van der Waals surface area contributed by atoms with Gasteiger partial charge in [-0.1, -0.05) is 0 Å². The highest BCUT2D eigenvalue weighted by Gasteiger charge is 2.25. The number of hydrogen-bond donors (Lipinski definition) is 2. The van der Waals surface area contributed by atoms with Gasteiger partial charge in [-0.15, -0.1) is 0 Å². The van der Waals surface area contributed by atoms with Gasteiger partial charge in [-0.25, -0.2) is 9.52 Å². The van der Waals surface area contributed by atoms with Gasteiger partial charge in [0.05, 0.1) is 6.10 Å². The molecule has 8 heteroatoms. The van der Waals surface area contributed by atoms with Crippen molar-refractivity contribution in [2.24, 2.45) is 5.73 Å². The highest BCUT2D eigenvalue weighted by atomic mass is 32.2. The van der Waals surface area contributed by atoms with Crippen molar-refractivity contribution in [3.05, 3.63) is 0 Å². The number of nitrogens with one attached hydrogen (secondary N) is 1. The first kappa shape index (κ1) is 16.1. The highest BCUT2D eigenvalue weighted by molar-refractivity contribution is 7.87. The predicted octanol–water partition coefficient (Wildman–Crippen LogP) is 0.0349. The van der Waals surface area contributed by atoms with E-state index < -0.39 is 16.3 Å². The van der Waals surface area contributed by atoms with E-state index in [0.29, 0.717) is 13.0 Å². The summed E-state index contributed by atoms with van der Waals surface area (Å²) in [6, 6.07) is -0.288. The summed E-state index contributed by atoms with van der Waals surface area (Å²) in [7, 11) is -2.49. The Kier molecular flexibility index (Phi) is 6.43. The normalized spacial score (nSPS) is 13.8. The number of ether oxygens (including phenoxy) is 1. The third-order valence-corrected chi connectivity index (χ3v) is 3.68. The summed E-state index contributed by atoms with van der Waals surface area (Å²) in [5, 5.41) is 0. The van der Waals surface area contributed by atoms with E-state index in [-0.39, 0.29) is 12.1 Å². The third-order valence-electron chi connectivity index (χ3n) is 2.14. The molecule has 7 nitrogen and oxygen atoms in total. The molecule has 0 aromatic heterocycles. The molecule has 0 saturated heterocycles. The van der Waals surface area contributed by atoms with Crippen LogP contribution in [0.5, 0.6) is 0 Å². The zero-order valence-corrected chi connectivity index (χ0v) is 11.5. The van der Waals surface area contributed by atoms with Crippen LogP contribution < -0.4 is 10.5 Å². The van der Waals surface area contributed by atoms with Crippen molar-refractivity contribution in [1.29, 1.82) is 0 Å². The second kappa shape index (κ2) is 6.77. The third kappa shape index (κ3) is 5.85. The van der Waals surface area contributed by atoms with E-state index in [1.54, 1.807) is 20.8 Å². The zero-order chi connectivity index (χ0) is 13.6. The molecule has 0 saturated carbocycles. The molecule has 0 rings (SSSR count). The molecule has 0 aromatic carbocycles. The lowest BCUT2D eigenvalue weighted by atomic mass is 10.2. The molecule has 0 heterocycles. The Hall–Kier alpha value is -0.860. The maximum Gasteiger partial charge on any atom is 0.422 e. The minimum Gasteiger partial charge on any atom is -0.446 e. The Morgan fingerprint density at radius 3 is 2.35 bits per heavy atom. The molecule has 1 unspecified atom stereocenters. The summed E-state index contributed by atoms with van der Waals surface area (Å²) in [6.07, 6.45) is -0.847. The minimum atomic E-state index is -3.87. The first-order valence-electron chi connectivity index (χ1n) is 5.37. The number of nitrogens with zero attached hydrogens (tertiary/aromatic N) is 1. The Morgan fingerprint density at radius 1 is 1.41 bits per heavy atom. The molecule has 1 atom stereocenters. The van der Waals surface area contributed by atoms with Crippen LogP contribution in [-0.2, 0) is 14.9 Å². The van der Waals surface area contributed by atoms with Gasteiger partial charge in [0.1, 0.15) is 0 Å². The second-order valence-electron chi connectivity index (χ2n) is 4.00. The van der Waals surface area contributed by atoms with Crippen molar-refractivity contribution in [3.8, 4) is 0 Å². The van der Waals surface area contributed by atoms with E-state index in [0.717, 1.165) is 4.31 Å². The lowest BCUT2D eigenvalue weighted by Crippen LogP contribution is -2.46. The Morgan fingerprint density at radius 2 is 1.94 bits per heavy atom. The molecule has 0 radical (unpaired) electrons. The Balaban J connectivity index is 4.52. The summed E-state index contributed by atoms with van der Waals surface area (Å²) >= 11 is 0. The number of rotatable bonds is 6. The first-order chi connectivity index (χ1) is 7.70. The average Bonchev–Trinajstić information content (AvgIpc) is 2.14. The lowest BCUT2D eigenvalue weighted by molar-refractivity contribution is 0.121. The maximum absolute atomic E-state index is 11.7. The van der Waals surface area contributed by atoms with Crippen LogP contribution in [0.3, 0.4) is 0 Å². The second-order valence-corrected chi connectivity index (χ2v) is 5.73. The van der Waals surface area contributed by atoms with E-state index >= 15 is 0 Å². The molecular formula is C9H21N3O4S. The maximum atomic E-state index is 11.7. The number of hydrogen-bond acceptors (Lipinski definition) is 5. The van der Waals surface area contributed by atoms with Crippen LogP contribution in [0, 0.1) is 0 Å². The van der Waals surface area contributed by atoms with Gasteiger partial charge in [-0.05, 0) is 33.7 Å². The van der Waals surface area contributed by atoms with Crippen molar-refractivity contribution in [1.82, 2.24) is 9.03 Å². The number of amides is 1. The van der Waals surface area contributed by atoms with Crippen LogP contribution in [0.4, 0.5) is 4.79 Å². The smallest absolute Gasteiger partial charge is 0.422 e. The van der Waals surface area contributed by atoms with Gasteiger partial charge in [0.25, 0.3) is 0 Å². The molecule has 0 bridgehead atoms. The molecule has 0 aliphatic rings. The predicted molar refractivity (Wildman–Crippen MR) is 64.6 cm³/mol. The van der Waals surface area contributed by atoms with Crippen molar-refractivity contribution in [3.63, 3.8) is 0 Å². The van der Waals surface area contributed by atoms with Gasteiger partial charge < -0.3 is 10.5 Å². The SMILES string of the molecule is CC(C)OC(=O)NS(=O)(=O)N(C)C(C)CCN. The Bertz CT molecular complexity index is 342. The van der Waals surface area contributed by atoms with Crippen LogP contribution in [0.15, 0.2) is 0 Å². The van der Waals surface area contributed by atoms with Gasteiger partial charge in [-0.3, -0.25) is 0 Å². The quantitative estimate of drug-likeness (QED) is 0.707. The zero-order valence-electron chi connectivity index (χ0n) is 10.6. The number of carbonyl (C=O) groups excluding carboxylic acids is 1. The van der Waals surface area contributed by atoms with Crippen molar-refractivity contribution in [2.75, 3.05) is 13.6 Å². The molecule has 3 N–H and O–H groups in total. The highest BCUT2D eigenvalue weighted by Crippen LogP contribution is 2.05. The van der Waals surface area contributed by atoms with Crippen molar-refractivity contribution >= 4 is 16.3 Å². The standard InChI is InChI=1S/C9H21N3O4S/c1-7(2)16-9(13)11-17(14,15)12(4)8(3)5-6-10/h7-8H,5-6,10H2,1-4H3,(H,11,13). The van der Waals surface area contributed by atoms with E-state index in [2.05, 4.69) is 0 Å². The van der Waals surface area contributed by atoms with Gasteiger partial charge in [0.2, 0.25) is 0 Å². The van der Waals surface area contributed by atoms with Crippen LogP contribution in [0.1, 0.15) is 27.2 Å². The fourth-order valence-electron chi connectivity index (χ4n) is 1.08. The van der Waals surface area contributed by atoms with E-state index in [9.17, 15) is 13.2 Å².